The highest BCUT2D eigenvalue weighted by Gasteiger charge is 2.11. The van der Waals surface area contributed by atoms with Gasteiger partial charge in [0.25, 0.3) is 0 Å². The fourth-order valence-electron chi connectivity index (χ4n) is 2.02. The van der Waals surface area contributed by atoms with E-state index in [-0.39, 0.29) is 5.78 Å². The number of carbonyl (C=O) groups excluding carboxylic acids is 1. The second kappa shape index (κ2) is 5.17. The Labute approximate surface area is 102 Å². The van der Waals surface area contributed by atoms with Crippen LogP contribution in [0.5, 0.6) is 0 Å². The minimum Gasteiger partial charge on any atom is -0.453 e. The van der Waals surface area contributed by atoms with E-state index in [1.165, 1.54) is 5.56 Å². The minimum absolute atomic E-state index is 0.0979. The summed E-state index contributed by atoms with van der Waals surface area (Å²) in [7, 11) is 0. The van der Waals surface area contributed by atoms with Crippen LogP contribution < -0.4 is 0 Å². The van der Waals surface area contributed by atoms with Crippen molar-refractivity contribution in [2.75, 3.05) is 0 Å². The molecule has 2 aromatic rings. The van der Waals surface area contributed by atoms with Crippen molar-refractivity contribution in [2.24, 2.45) is 0 Å². The van der Waals surface area contributed by atoms with Gasteiger partial charge in [-0.1, -0.05) is 26.3 Å². The average Bonchev–Trinajstić information content (AvgIpc) is 2.73. The Morgan fingerprint density at radius 1 is 1.18 bits per heavy atom. The molecular formula is C15H18O2. The first-order chi connectivity index (χ1) is 8.24. The number of carbonyl (C=O) groups is 1. The van der Waals surface area contributed by atoms with Crippen LogP contribution in [-0.2, 0) is 6.42 Å². The lowest BCUT2D eigenvalue weighted by atomic mass is 10.1. The highest BCUT2D eigenvalue weighted by Crippen LogP contribution is 2.22. The van der Waals surface area contributed by atoms with Gasteiger partial charge in [-0.05, 0) is 36.6 Å². The van der Waals surface area contributed by atoms with Gasteiger partial charge in [-0.15, -0.1) is 0 Å². The molecule has 17 heavy (non-hydrogen) atoms. The summed E-state index contributed by atoms with van der Waals surface area (Å²) in [6.45, 7) is 4.16. The highest BCUT2D eigenvalue weighted by atomic mass is 16.3. The van der Waals surface area contributed by atoms with Crippen LogP contribution in [0.3, 0.4) is 0 Å². The lowest BCUT2D eigenvalue weighted by molar-refractivity contribution is 0.0957. The normalized spacial score (nSPS) is 10.9. The van der Waals surface area contributed by atoms with Crippen molar-refractivity contribution in [1.29, 1.82) is 0 Å². The van der Waals surface area contributed by atoms with E-state index in [1.54, 1.807) is 0 Å². The number of hydrogen-bond donors (Lipinski definition) is 0. The molecule has 1 aromatic heterocycles. The molecular weight excluding hydrogens is 212 g/mol. The van der Waals surface area contributed by atoms with Crippen molar-refractivity contribution in [1.82, 2.24) is 0 Å². The summed E-state index contributed by atoms with van der Waals surface area (Å²) >= 11 is 0. The SMILES string of the molecule is CCCC(=O)c1cc2cc(CCC)ccc2o1. The molecule has 0 aliphatic heterocycles. The lowest BCUT2D eigenvalue weighted by Gasteiger charge is -1.96. The molecule has 2 nitrogen and oxygen atoms in total. The van der Waals surface area contributed by atoms with E-state index in [4.69, 9.17) is 4.42 Å². The number of fused-ring (bicyclic) bond motifs is 1. The number of furan rings is 1. The summed E-state index contributed by atoms with van der Waals surface area (Å²) in [6, 6.07) is 8.02. The molecule has 1 aromatic carbocycles. The van der Waals surface area contributed by atoms with Crippen LogP contribution in [0.15, 0.2) is 28.7 Å². The van der Waals surface area contributed by atoms with Gasteiger partial charge in [0.2, 0.25) is 0 Å². The van der Waals surface area contributed by atoms with Crippen molar-refractivity contribution in [3.63, 3.8) is 0 Å². The van der Waals surface area contributed by atoms with E-state index in [0.717, 1.165) is 30.2 Å². The molecule has 0 N–H and O–H groups in total. The maximum absolute atomic E-state index is 11.7. The molecule has 0 fully saturated rings. The molecule has 0 atom stereocenters. The third kappa shape index (κ3) is 2.57. The molecule has 0 radical (unpaired) electrons. The van der Waals surface area contributed by atoms with Crippen molar-refractivity contribution in [3.05, 3.63) is 35.6 Å². The minimum atomic E-state index is 0.0979. The predicted octanol–water partition coefficient (Wildman–Crippen LogP) is 4.37. The van der Waals surface area contributed by atoms with Crippen LogP contribution >= 0.6 is 0 Å². The Morgan fingerprint density at radius 2 is 2.00 bits per heavy atom. The van der Waals surface area contributed by atoms with Crippen molar-refractivity contribution in [2.45, 2.75) is 39.5 Å². The number of rotatable bonds is 5. The third-order valence-electron chi connectivity index (χ3n) is 2.87. The summed E-state index contributed by atoms with van der Waals surface area (Å²) in [6.07, 6.45) is 3.61. The number of ketones is 1. The monoisotopic (exact) mass is 230 g/mol. The van der Waals surface area contributed by atoms with Gasteiger partial charge in [0, 0.05) is 11.8 Å². The Morgan fingerprint density at radius 3 is 2.71 bits per heavy atom. The molecule has 0 unspecified atom stereocenters. The van der Waals surface area contributed by atoms with Gasteiger partial charge in [0.1, 0.15) is 5.58 Å². The van der Waals surface area contributed by atoms with Gasteiger partial charge in [-0.25, -0.2) is 0 Å². The second-order valence-electron chi connectivity index (χ2n) is 4.41. The molecule has 0 amide bonds. The van der Waals surface area contributed by atoms with E-state index >= 15 is 0 Å². The van der Waals surface area contributed by atoms with Crippen LogP contribution in [0.25, 0.3) is 11.0 Å². The van der Waals surface area contributed by atoms with Gasteiger partial charge < -0.3 is 4.42 Å². The first-order valence-corrected chi connectivity index (χ1v) is 6.30. The van der Waals surface area contributed by atoms with Crippen molar-refractivity contribution in [3.8, 4) is 0 Å². The molecule has 0 saturated carbocycles. The number of hydrogen-bond acceptors (Lipinski definition) is 2. The summed E-state index contributed by atoms with van der Waals surface area (Å²) < 4.78 is 5.57. The highest BCUT2D eigenvalue weighted by molar-refractivity contribution is 5.97. The molecule has 0 saturated heterocycles. The average molecular weight is 230 g/mol. The van der Waals surface area contributed by atoms with E-state index in [9.17, 15) is 4.79 Å². The standard InChI is InChI=1S/C15H18O2/c1-3-5-11-7-8-14-12(9-11)10-15(17-14)13(16)6-4-2/h7-10H,3-6H2,1-2H3. The Bertz CT molecular complexity index is 523. The first kappa shape index (κ1) is 11.9. The molecule has 2 rings (SSSR count). The molecule has 2 heteroatoms. The molecule has 1 heterocycles. The zero-order valence-electron chi connectivity index (χ0n) is 10.5. The molecule has 90 valence electrons. The number of Topliss-reactive ketones (excluding diaryl/α,β-unsaturated/α-hetero) is 1. The quantitative estimate of drug-likeness (QED) is 0.714. The van der Waals surface area contributed by atoms with Crippen LogP contribution in [-0.4, -0.2) is 5.78 Å². The Kier molecular flexibility index (Phi) is 3.62. The molecule has 0 aliphatic rings. The Balaban J connectivity index is 2.33. The summed E-state index contributed by atoms with van der Waals surface area (Å²) in [5.41, 5.74) is 2.11. The van der Waals surface area contributed by atoms with Crippen molar-refractivity contribution < 1.29 is 9.21 Å². The topological polar surface area (TPSA) is 30.2 Å². The maximum Gasteiger partial charge on any atom is 0.198 e. The van der Waals surface area contributed by atoms with E-state index in [2.05, 4.69) is 19.1 Å². The van der Waals surface area contributed by atoms with E-state index in [0.29, 0.717) is 12.2 Å². The smallest absolute Gasteiger partial charge is 0.198 e. The summed E-state index contributed by atoms with van der Waals surface area (Å²) in [5.74, 6) is 0.594. The zero-order chi connectivity index (χ0) is 12.3. The van der Waals surface area contributed by atoms with Crippen LogP contribution in [0, 0.1) is 0 Å². The van der Waals surface area contributed by atoms with Crippen LogP contribution in [0.2, 0.25) is 0 Å². The van der Waals surface area contributed by atoms with Crippen LogP contribution in [0.4, 0.5) is 0 Å². The van der Waals surface area contributed by atoms with E-state index < -0.39 is 0 Å². The van der Waals surface area contributed by atoms with Gasteiger partial charge in [0.15, 0.2) is 11.5 Å². The molecule has 0 bridgehead atoms. The van der Waals surface area contributed by atoms with E-state index in [1.807, 2.05) is 19.1 Å². The fourth-order valence-corrected chi connectivity index (χ4v) is 2.02. The van der Waals surface area contributed by atoms with Crippen molar-refractivity contribution >= 4 is 16.8 Å². The first-order valence-electron chi connectivity index (χ1n) is 6.30. The van der Waals surface area contributed by atoms with Gasteiger partial charge in [-0.2, -0.15) is 0 Å². The molecule has 0 spiro atoms. The third-order valence-corrected chi connectivity index (χ3v) is 2.87. The summed E-state index contributed by atoms with van der Waals surface area (Å²) in [4.78, 5) is 11.7. The zero-order valence-corrected chi connectivity index (χ0v) is 10.5. The second-order valence-corrected chi connectivity index (χ2v) is 4.41. The number of benzene rings is 1. The predicted molar refractivity (Wildman–Crippen MR) is 69.4 cm³/mol. The van der Waals surface area contributed by atoms with Gasteiger partial charge >= 0.3 is 0 Å². The largest absolute Gasteiger partial charge is 0.453 e. The Hall–Kier alpha value is -1.57. The van der Waals surface area contributed by atoms with Gasteiger partial charge in [0.05, 0.1) is 0 Å². The van der Waals surface area contributed by atoms with Gasteiger partial charge in [-0.3, -0.25) is 4.79 Å². The lowest BCUT2D eigenvalue weighted by Crippen LogP contribution is -1.94. The van der Waals surface area contributed by atoms with Crippen LogP contribution in [0.1, 0.15) is 49.2 Å². The number of aryl methyl sites for hydroxylation is 1. The summed E-state index contributed by atoms with van der Waals surface area (Å²) in [5, 5.41) is 1.04. The molecule has 0 aliphatic carbocycles. The maximum atomic E-state index is 11.7. The fraction of sp³-hybridized carbons (Fsp3) is 0.400.